The molecular weight excluding hydrogens is 478 g/mol. The Bertz CT molecular complexity index is 1040. The van der Waals surface area contributed by atoms with Gasteiger partial charge in [0.15, 0.2) is 18.1 Å². The minimum atomic E-state index is -0.436. The maximum Gasteiger partial charge on any atom is 0.329 e. The molecule has 2 N–H and O–H groups in total. The molecule has 4 amide bonds. The van der Waals surface area contributed by atoms with E-state index in [0.717, 1.165) is 0 Å². The highest BCUT2D eigenvalue weighted by molar-refractivity contribution is 9.10. The highest BCUT2D eigenvalue weighted by Crippen LogP contribution is 2.35. The Kier molecular flexibility index (Phi) is 7.88. The predicted octanol–water partition coefficient (Wildman–Crippen LogP) is 4.17. The molecule has 2 aromatic carbocycles. The van der Waals surface area contributed by atoms with Gasteiger partial charge in [0, 0.05) is 16.7 Å². The van der Waals surface area contributed by atoms with Crippen LogP contribution in [0.2, 0.25) is 0 Å². The number of rotatable bonds is 9. The standard InChI is InChI=1S/C23H24BrN3O5/c1-3-10-27-22(29)18(26-23(27)30)11-15-12-19(31-4-2)20(13-17(15)24)32-14-21(28)25-16-8-6-5-7-9-16/h5-9,11-13H,3-4,10,14H2,1-2H3,(H,25,28)(H,26,30)/b18-11+. The fraction of sp³-hybridized carbons (Fsp3) is 0.261. The lowest BCUT2D eigenvalue weighted by atomic mass is 10.1. The number of benzene rings is 2. The summed E-state index contributed by atoms with van der Waals surface area (Å²) in [6, 6.07) is 12.0. The maximum atomic E-state index is 12.5. The number of nitrogens with zero attached hydrogens (tertiary/aromatic N) is 1. The van der Waals surface area contributed by atoms with E-state index in [2.05, 4.69) is 26.6 Å². The minimum absolute atomic E-state index is 0.183. The van der Waals surface area contributed by atoms with Crippen LogP contribution < -0.4 is 20.1 Å². The van der Waals surface area contributed by atoms with Crippen molar-refractivity contribution in [2.45, 2.75) is 20.3 Å². The van der Waals surface area contributed by atoms with Crippen molar-refractivity contribution in [3.8, 4) is 11.5 Å². The summed E-state index contributed by atoms with van der Waals surface area (Å²) in [5, 5.41) is 5.35. The lowest BCUT2D eigenvalue weighted by molar-refractivity contribution is -0.123. The van der Waals surface area contributed by atoms with E-state index in [1.165, 1.54) is 4.90 Å². The van der Waals surface area contributed by atoms with E-state index in [1.54, 1.807) is 30.3 Å². The number of hydrogen-bond acceptors (Lipinski definition) is 5. The monoisotopic (exact) mass is 501 g/mol. The third-order valence-corrected chi connectivity index (χ3v) is 5.18. The van der Waals surface area contributed by atoms with Crippen molar-refractivity contribution in [1.82, 2.24) is 10.2 Å². The summed E-state index contributed by atoms with van der Waals surface area (Å²) in [6.07, 6.45) is 2.25. The number of nitrogens with one attached hydrogen (secondary N) is 2. The second kappa shape index (κ2) is 10.8. The number of carbonyl (C=O) groups is 3. The third kappa shape index (κ3) is 5.67. The summed E-state index contributed by atoms with van der Waals surface area (Å²) in [4.78, 5) is 37.9. The van der Waals surface area contributed by atoms with Gasteiger partial charge in [-0.3, -0.25) is 14.5 Å². The molecule has 3 rings (SSSR count). The van der Waals surface area contributed by atoms with Crippen molar-refractivity contribution < 1.29 is 23.9 Å². The summed E-state index contributed by atoms with van der Waals surface area (Å²) in [5.74, 6) is 0.103. The summed E-state index contributed by atoms with van der Waals surface area (Å²) in [7, 11) is 0. The number of ether oxygens (including phenoxy) is 2. The molecule has 0 aromatic heterocycles. The molecule has 1 heterocycles. The van der Waals surface area contributed by atoms with Crippen molar-refractivity contribution in [3.05, 3.63) is 58.2 Å². The molecule has 1 saturated heterocycles. The topological polar surface area (TPSA) is 97.0 Å². The molecule has 8 nitrogen and oxygen atoms in total. The molecule has 32 heavy (non-hydrogen) atoms. The lowest BCUT2D eigenvalue weighted by Crippen LogP contribution is -2.31. The van der Waals surface area contributed by atoms with E-state index < -0.39 is 6.03 Å². The average molecular weight is 502 g/mol. The van der Waals surface area contributed by atoms with Gasteiger partial charge in [0.2, 0.25) is 0 Å². The van der Waals surface area contributed by atoms with Gasteiger partial charge >= 0.3 is 6.03 Å². The highest BCUT2D eigenvalue weighted by atomic mass is 79.9. The highest BCUT2D eigenvalue weighted by Gasteiger charge is 2.32. The van der Waals surface area contributed by atoms with Crippen LogP contribution in [0.25, 0.3) is 6.08 Å². The molecule has 0 saturated carbocycles. The van der Waals surface area contributed by atoms with E-state index in [9.17, 15) is 14.4 Å². The first-order valence-electron chi connectivity index (χ1n) is 10.2. The molecule has 0 aliphatic carbocycles. The summed E-state index contributed by atoms with van der Waals surface area (Å²) in [5.41, 5.74) is 1.48. The molecule has 1 aliphatic heterocycles. The molecule has 168 valence electrons. The van der Waals surface area contributed by atoms with Crippen molar-refractivity contribution in [1.29, 1.82) is 0 Å². The van der Waals surface area contributed by atoms with Gasteiger partial charge in [-0.1, -0.05) is 41.1 Å². The van der Waals surface area contributed by atoms with Crippen LogP contribution in [0, 0.1) is 0 Å². The van der Waals surface area contributed by atoms with E-state index in [1.807, 2.05) is 32.0 Å². The molecule has 1 fully saturated rings. The van der Waals surface area contributed by atoms with E-state index >= 15 is 0 Å². The normalized spacial score (nSPS) is 14.5. The third-order valence-electron chi connectivity index (χ3n) is 4.49. The quantitative estimate of drug-likeness (QED) is 0.397. The molecule has 2 aromatic rings. The number of carbonyl (C=O) groups excluding carboxylic acids is 3. The van der Waals surface area contributed by atoms with Crippen LogP contribution in [0.5, 0.6) is 11.5 Å². The molecule has 0 atom stereocenters. The number of halogens is 1. The summed E-state index contributed by atoms with van der Waals surface area (Å²) < 4.78 is 12.0. The Morgan fingerprint density at radius 3 is 2.53 bits per heavy atom. The van der Waals surface area contributed by atoms with Gasteiger partial charge in [-0.25, -0.2) is 4.79 Å². The van der Waals surface area contributed by atoms with Gasteiger partial charge in [-0.15, -0.1) is 0 Å². The number of urea groups is 1. The second-order valence-corrected chi connectivity index (χ2v) is 7.76. The Morgan fingerprint density at radius 2 is 1.84 bits per heavy atom. The Labute approximate surface area is 194 Å². The van der Waals surface area contributed by atoms with Crippen LogP contribution in [0.4, 0.5) is 10.5 Å². The SMILES string of the molecule is CCCN1C(=O)N/C(=C/c2cc(OCC)c(OCC(=O)Nc3ccccc3)cc2Br)C1=O. The zero-order valence-corrected chi connectivity index (χ0v) is 19.4. The number of imide groups is 1. The van der Waals surface area contributed by atoms with Gasteiger partial charge in [0.25, 0.3) is 11.8 Å². The Hall–Kier alpha value is -3.33. The lowest BCUT2D eigenvalue weighted by Gasteiger charge is -2.14. The van der Waals surface area contributed by atoms with Crippen molar-refractivity contribution in [2.75, 3.05) is 25.1 Å². The van der Waals surface area contributed by atoms with E-state index in [-0.39, 0.29) is 24.1 Å². The van der Waals surface area contributed by atoms with Crippen LogP contribution in [0.15, 0.2) is 52.6 Å². The van der Waals surface area contributed by atoms with Gasteiger partial charge in [-0.05, 0) is 49.2 Å². The number of hydrogen-bond donors (Lipinski definition) is 2. The first kappa shape index (κ1) is 23.3. The van der Waals surface area contributed by atoms with E-state index in [0.29, 0.717) is 46.8 Å². The minimum Gasteiger partial charge on any atom is -0.490 e. The molecular formula is C23H24BrN3O5. The number of para-hydroxylation sites is 1. The van der Waals surface area contributed by atoms with Crippen molar-refractivity contribution in [2.24, 2.45) is 0 Å². The summed E-state index contributed by atoms with van der Waals surface area (Å²) in [6.45, 7) is 4.25. The Balaban J connectivity index is 1.77. The maximum absolute atomic E-state index is 12.5. The molecule has 0 unspecified atom stereocenters. The van der Waals surface area contributed by atoms with Crippen molar-refractivity contribution >= 4 is 45.5 Å². The largest absolute Gasteiger partial charge is 0.490 e. The zero-order chi connectivity index (χ0) is 23.1. The van der Waals surface area contributed by atoms with Gasteiger partial charge in [-0.2, -0.15) is 0 Å². The van der Waals surface area contributed by atoms with Crippen LogP contribution in [0.1, 0.15) is 25.8 Å². The summed E-state index contributed by atoms with van der Waals surface area (Å²) >= 11 is 3.46. The van der Waals surface area contributed by atoms with Crippen molar-refractivity contribution in [3.63, 3.8) is 0 Å². The van der Waals surface area contributed by atoms with Gasteiger partial charge in [0.05, 0.1) is 6.61 Å². The number of anilines is 1. The number of amides is 4. The zero-order valence-electron chi connectivity index (χ0n) is 17.8. The predicted molar refractivity (Wildman–Crippen MR) is 124 cm³/mol. The fourth-order valence-corrected chi connectivity index (χ4v) is 3.50. The first-order chi connectivity index (χ1) is 15.4. The Morgan fingerprint density at radius 1 is 1.12 bits per heavy atom. The molecule has 0 bridgehead atoms. The molecule has 0 radical (unpaired) electrons. The fourth-order valence-electron chi connectivity index (χ4n) is 3.06. The smallest absolute Gasteiger partial charge is 0.329 e. The van der Waals surface area contributed by atoms with Crippen LogP contribution in [-0.4, -0.2) is 42.5 Å². The average Bonchev–Trinajstić information content (AvgIpc) is 3.03. The molecule has 9 heteroatoms. The second-order valence-electron chi connectivity index (χ2n) is 6.90. The van der Waals surface area contributed by atoms with Crippen LogP contribution in [-0.2, 0) is 9.59 Å². The molecule has 1 aliphatic rings. The molecule has 0 spiro atoms. The van der Waals surface area contributed by atoms with Crippen LogP contribution >= 0.6 is 15.9 Å². The van der Waals surface area contributed by atoms with Gasteiger partial charge in [0.1, 0.15) is 5.70 Å². The van der Waals surface area contributed by atoms with E-state index in [4.69, 9.17) is 9.47 Å². The van der Waals surface area contributed by atoms with Crippen LogP contribution in [0.3, 0.4) is 0 Å². The van der Waals surface area contributed by atoms with Gasteiger partial charge < -0.3 is 20.1 Å². The first-order valence-corrected chi connectivity index (χ1v) is 11.0.